The van der Waals surface area contributed by atoms with E-state index in [0.717, 1.165) is 28.1 Å². The third kappa shape index (κ3) is 3.30. The van der Waals surface area contributed by atoms with Crippen LogP contribution in [0.15, 0.2) is 47.0 Å². The molecule has 1 fully saturated rings. The average Bonchev–Trinajstić information content (AvgIpc) is 3.31. The highest BCUT2D eigenvalue weighted by Crippen LogP contribution is 2.34. The summed E-state index contributed by atoms with van der Waals surface area (Å²) in [6.45, 7) is 4.59. The number of aromatic nitrogens is 2. The van der Waals surface area contributed by atoms with E-state index in [0.29, 0.717) is 24.7 Å². The van der Waals surface area contributed by atoms with Crippen LogP contribution in [0.5, 0.6) is 5.75 Å². The first kappa shape index (κ1) is 17.3. The molecule has 2 heterocycles. The Morgan fingerprint density at radius 1 is 1.15 bits per heavy atom. The van der Waals surface area contributed by atoms with Crippen LogP contribution in [0.2, 0.25) is 0 Å². The van der Waals surface area contributed by atoms with Crippen molar-refractivity contribution in [1.82, 2.24) is 10.1 Å². The third-order valence-corrected chi connectivity index (χ3v) is 4.92. The first-order valence-electron chi connectivity index (χ1n) is 8.91. The molecule has 0 spiro atoms. The molecular formula is C21H21N3O3. The molecule has 6 nitrogen and oxygen atoms in total. The van der Waals surface area contributed by atoms with Crippen LogP contribution in [0.1, 0.15) is 29.4 Å². The summed E-state index contributed by atoms with van der Waals surface area (Å²) in [5.41, 5.74) is 4.02. The second kappa shape index (κ2) is 6.87. The average molecular weight is 363 g/mol. The molecule has 27 heavy (non-hydrogen) atoms. The zero-order valence-electron chi connectivity index (χ0n) is 15.6. The molecule has 2 aromatic carbocycles. The first-order chi connectivity index (χ1) is 13.0. The van der Waals surface area contributed by atoms with Crippen LogP contribution < -0.4 is 9.64 Å². The van der Waals surface area contributed by atoms with Gasteiger partial charge in [0.25, 0.3) is 0 Å². The molecule has 0 bridgehead atoms. The zero-order chi connectivity index (χ0) is 19.0. The molecule has 138 valence electrons. The fraction of sp³-hybridized carbons (Fsp3) is 0.286. The molecule has 1 atom stereocenters. The minimum atomic E-state index is -0.100. The molecule has 1 saturated heterocycles. The van der Waals surface area contributed by atoms with Crippen molar-refractivity contribution in [3.05, 3.63) is 59.5 Å². The highest BCUT2D eigenvalue weighted by atomic mass is 16.5. The number of hydrogen-bond acceptors (Lipinski definition) is 5. The van der Waals surface area contributed by atoms with Crippen LogP contribution in [0, 0.1) is 13.8 Å². The summed E-state index contributed by atoms with van der Waals surface area (Å²) in [7, 11) is 1.63. The standard InChI is InChI=1S/C21H21N3O3/c1-13-4-5-14(2)18(10-13)24-12-16(11-19(24)25)21-22-20(23-27-21)15-6-8-17(26-3)9-7-15/h4-10,16H,11-12H2,1-3H3/t16-/m0/s1. The number of anilines is 1. The van der Waals surface area contributed by atoms with Crippen molar-refractivity contribution >= 4 is 11.6 Å². The second-order valence-electron chi connectivity index (χ2n) is 6.88. The number of methoxy groups -OCH3 is 1. The Hall–Kier alpha value is -3.15. The van der Waals surface area contributed by atoms with Crippen molar-refractivity contribution in [3.8, 4) is 17.1 Å². The predicted octanol–water partition coefficient (Wildman–Crippen LogP) is 3.88. The van der Waals surface area contributed by atoms with E-state index in [1.54, 1.807) is 7.11 Å². The van der Waals surface area contributed by atoms with Crippen molar-refractivity contribution in [1.29, 1.82) is 0 Å². The lowest BCUT2D eigenvalue weighted by molar-refractivity contribution is -0.117. The number of rotatable bonds is 4. The summed E-state index contributed by atoms with van der Waals surface area (Å²) in [5.74, 6) is 1.77. The smallest absolute Gasteiger partial charge is 0.232 e. The van der Waals surface area contributed by atoms with E-state index in [9.17, 15) is 4.79 Å². The van der Waals surface area contributed by atoms with Crippen molar-refractivity contribution in [3.63, 3.8) is 0 Å². The first-order valence-corrected chi connectivity index (χ1v) is 8.91. The van der Waals surface area contributed by atoms with Gasteiger partial charge in [-0.3, -0.25) is 4.79 Å². The molecule has 0 radical (unpaired) electrons. The molecule has 4 rings (SSSR count). The lowest BCUT2D eigenvalue weighted by Gasteiger charge is -2.19. The maximum absolute atomic E-state index is 12.6. The van der Waals surface area contributed by atoms with Gasteiger partial charge in [-0.1, -0.05) is 17.3 Å². The Labute approximate surface area is 157 Å². The number of aryl methyl sites for hydroxylation is 2. The van der Waals surface area contributed by atoms with E-state index in [-0.39, 0.29) is 11.8 Å². The molecule has 3 aromatic rings. The summed E-state index contributed by atoms with van der Waals surface area (Å²) >= 11 is 0. The topological polar surface area (TPSA) is 68.5 Å². The van der Waals surface area contributed by atoms with Gasteiger partial charge in [-0.15, -0.1) is 0 Å². The Morgan fingerprint density at radius 2 is 1.93 bits per heavy atom. The normalized spacial score (nSPS) is 16.8. The maximum Gasteiger partial charge on any atom is 0.232 e. The van der Waals surface area contributed by atoms with E-state index in [4.69, 9.17) is 9.26 Å². The Morgan fingerprint density at radius 3 is 2.67 bits per heavy atom. The van der Waals surface area contributed by atoms with Crippen molar-refractivity contribution in [2.24, 2.45) is 0 Å². The van der Waals surface area contributed by atoms with E-state index >= 15 is 0 Å². The van der Waals surface area contributed by atoms with Crippen molar-refractivity contribution in [2.45, 2.75) is 26.2 Å². The Balaban J connectivity index is 1.56. The third-order valence-electron chi connectivity index (χ3n) is 4.92. The maximum atomic E-state index is 12.6. The van der Waals surface area contributed by atoms with Gasteiger partial charge in [0, 0.05) is 24.2 Å². The monoisotopic (exact) mass is 363 g/mol. The quantitative estimate of drug-likeness (QED) is 0.703. The predicted molar refractivity (Wildman–Crippen MR) is 102 cm³/mol. The molecule has 1 aromatic heterocycles. The molecule has 1 amide bonds. The second-order valence-corrected chi connectivity index (χ2v) is 6.88. The van der Waals surface area contributed by atoms with Gasteiger partial charge in [0.15, 0.2) is 0 Å². The Kier molecular flexibility index (Phi) is 4.39. The molecule has 0 saturated carbocycles. The fourth-order valence-electron chi connectivity index (χ4n) is 3.37. The number of benzene rings is 2. The summed E-state index contributed by atoms with van der Waals surface area (Å²) < 4.78 is 10.6. The summed E-state index contributed by atoms with van der Waals surface area (Å²) in [6.07, 6.45) is 0.373. The highest BCUT2D eigenvalue weighted by molar-refractivity contribution is 5.97. The lowest BCUT2D eigenvalue weighted by Crippen LogP contribution is -2.25. The summed E-state index contributed by atoms with van der Waals surface area (Å²) in [5, 5.41) is 4.08. The number of ether oxygens (including phenoxy) is 1. The minimum absolute atomic E-state index is 0.0814. The van der Waals surface area contributed by atoms with Crippen molar-refractivity contribution < 1.29 is 14.1 Å². The minimum Gasteiger partial charge on any atom is -0.497 e. The number of carbonyl (C=O) groups excluding carboxylic acids is 1. The number of hydrogen-bond donors (Lipinski definition) is 0. The molecule has 1 aliphatic rings. The van der Waals surface area contributed by atoms with Gasteiger partial charge in [-0.2, -0.15) is 4.98 Å². The molecule has 0 N–H and O–H groups in total. The summed E-state index contributed by atoms with van der Waals surface area (Å²) in [6, 6.07) is 13.6. The molecule has 0 unspecified atom stereocenters. The van der Waals surface area contributed by atoms with Crippen molar-refractivity contribution in [2.75, 3.05) is 18.6 Å². The molecular weight excluding hydrogens is 342 g/mol. The zero-order valence-corrected chi connectivity index (χ0v) is 15.6. The van der Waals surface area contributed by atoms with Gasteiger partial charge in [-0.25, -0.2) is 0 Å². The lowest BCUT2D eigenvalue weighted by atomic mass is 10.1. The van der Waals surface area contributed by atoms with E-state index in [2.05, 4.69) is 16.2 Å². The number of carbonyl (C=O) groups is 1. The molecule has 6 heteroatoms. The Bertz CT molecular complexity index is 979. The molecule has 0 aliphatic carbocycles. The fourth-order valence-corrected chi connectivity index (χ4v) is 3.37. The van der Waals surface area contributed by atoms with Gasteiger partial charge in [0.05, 0.1) is 13.0 Å². The van der Waals surface area contributed by atoms with E-state index < -0.39 is 0 Å². The van der Waals surface area contributed by atoms with Crippen LogP contribution in [0.4, 0.5) is 5.69 Å². The van der Waals surface area contributed by atoms with Gasteiger partial charge in [0.1, 0.15) is 5.75 Å². The van der Waals surface area contributed by atoms with Gasteiger partial charge >= 0.3 is 0 Å². The van der Waals surface area contributed by atoms with Gasteiger partial charge in [-0.05, 0) is 55.3 Å². The summed E-state index contributed by atoms with van der Waals surface area (Å²) in [4.78, 5) is 18.9. The van der Waals surface area contributed by atoms with Gasteiger partial charge in [0.2, 0.25) is 17.6 Å². The largest absolute Gasteiger partial charge is 0.497 e. The van der Waals surface area contributed by atoms with E-state index in [1.807, 2.05) is 55.1 Å². The number of nitrogens with zero attached hydrogens (tertiary/aromatic N) is 3. The van der Waals surface area contributed by atoms with Crippen LogP contribution >= 0.6 is 0 Å². The number of amides is 1. The van der Waals surface area contributed by atoms with Crippen LogP contribution in [-0.4, -0.2) is 29.7 Å². The van der Waals surface area contributed by atoms with E-state index in [1.165, 1.54) is 0 Å². The molecule has 1 aliphatic heterocycles. The SMILES string of the molecule is COc1ccc(-c2noc([C@H]3CC(=O)N(c4cc(C)ccc4C)C3)n2)cc1. The van der Waals surface area contributed by atoms with Gasteiger partial charge < -0.3 is 14.2 Å². The van der Waals surface area contributed by atoms with Crippen LogP contribution in [0.3, 0.4) is 0 Å². The van der Waals surface area contributed by atoms with Crippen LogP contribution in [0.25, 0.3) is 11.4 Å². The highest BCUT2D eigenvalue weighted by Gasteiger charge is 2.35. The van der Waals surface area contributed by atoms with Crippen LogP contribution in [-0.2, 0) is 4.79 Å².